The number of aryl methyl sites for hydroxylation is 1. The summed E-state index contributed by atoms with van der Waals surface area (Å²) in [5.74, 6) is 1.41. The van der Waals surface area contributed by atoms with Crippen LogP contribution in [0.3, 0.4) is 0 Å². The lowest BCUT2D eigenvalue weighted by atomic mass is 10.2. The molecule has 3 heterocycles. The van der Waals surface area contributed by atoms with Crippen LogP contribution in [0.15, 0.2) is 73.8 Å². The Hall–Kier alpha value is -3.39. The van der Waals surface area contributed by atoms with E-state index in [9.17, 15) is 9.59 Å². The Morgan fingerprint density at radius 1 is 1.03 bits per heavy atom. The predicted molar refractivity (Wildman–Crippen MR) is 114 cm³/mol. The summed E-state index contributed by atoms with van der Waals surface area (Å²) >= 11 is 1.41. The lowest BCUT2D eigenvalue weighted by molar-refractivity contribution is 0.576. The van der Waals surface area contributed by atoms with Crippen LogP contribution in [-0.4, -0.2) is 24.9 Å². The number of furan rings is 1. The van der Waals surface area contributed by atoms with Crippen molar-refractivity contribution in [3.8, 4) is 11.6 Å². The van der Waals surface area contributed by atoms with Crippen molar-refractivity contribution < 1.29 is 4.42 Å². The second-order valence-corrected chi connectivity index (χ2v) is 7.37. The lowest BCUT2D eigenvalue weighted by Gasteiger charge is -2.10. The molecule has 4 rings (SSSR count). The monoisotopic (exact) mass is 406 g/mol. The average Bonchev–Trinajstić information content (AvgIpc) is 3.29. The van der Waals surface area contributed by atoms with E-state index < -0.39 is 11.2 Å². The maximum absolute atomic E-state index is 12.8. The molecule has 4 aromatic rings. The summed E-state index contributed by atoms with van der Waals surface area (Å²) in [6, 6.07) is 13.4. The molecule has 0 atom stereocenters. The van der Waals surface area contributed by atoms with Gasteiger partial charge < -0.3 is 4.42 Å². The molecule has 8 heteroatoms. The van der Waals surface area contributed by atoms with Crippen molar-refractivity contribution in [2.24, 2.45) is 14.1 Å². The van der Waals surface area contributed by atoms with Crippen molar-refractivity contribution in [2.45, 2.75) is 5.03 Å². The second-order valence-electron chi connectivity index (χ2n) is 6.36. The summed E-state index contributed by atoms with van der Waals surface area (Å²) in [5.41, 5.74) is 0.527. The van der Waals surface area contributed by atoms with Gasteiger partial charge in [-0.1, -0.05) is 42.5 Å². The average molecular weight is 406 g/mol. The van der Waals surface area contributed by atoms with Crippen molar-refractivity contribution in [2.75, 3.05) is 5.75 Å². The molecule has 29 heavy (non-hydrogen) atoms. The van der Waals surface area contributed by atoms with Crippen molar-refractivity contribution in [1.29, 1.82) is 0 Å². The minimum Gasteiger partial charge on any atom is -0.461 e. The molecule has 3 aromatic heterocycles. The first-order valence-corrected chi connectivity index (χ1v) is 9.91. The molecule has 0 amide bonds. The molecule has 0 fully saturated rings. The molecule has 0 radical (unpaired) electrons. The van der Waals surface area contributed by atoms with Crippen LogP contribution < -0.4 is 11.2 Å². The summed E-state index contributed by atoms with van der Waals surface area (Å²) in [7, 11) is 3.04. The zero-order valence-corrected chi connectivity index (χ0v) is 16.7. The van der Waals surface area contributed by atoms with Gasteiger partial charge in [0.15, 0.2) is 17.2 Å². The molecule has 0 N–H and O–H groups in total. The predicted octanol–water partition coefficient (Wildman–Crippen LogP) is 3.09. The van der Waals surface area contributed by atoms with Crippen molar-refractivity contribution in [3.63, 3.8) is 0 Å². The molecule has 0 saturated carbocycles. The fourth-order valence-electron chi connectivity index (χ4n) is 2.92. The summed E-state index contributed by atoms with van der Waals surface area (Å²) in [4.78, 5) is 34.1. The van der Waals surface area contributed by atoms with Crippen molar-refractivity contribution >= 4 is 28.9 Å². The zero-order valence-electron chi connectivity index (χ0n) is 15.9. The van der Waals surface area contributed by atoms with E-state index in [1.807, 2.05) is 42.5 Å². The standard InChI is InChI=1S/C21H18N4O3S/c1-24-18-16(20(26)25(2)21(24)27)19(23-17(22-18)15-11-6-12-28-15)29-13-7-10-14-8-4-3-5-9-14/h3-12H,13H2,1-2H3. The first-order valence-electron chi connectivity index (χ1n) is 8.92. The number of fused-ring (bicyclic) bond motifs is 1. The van der Waals surface area contributed by atoms with Crippen LogP contribution in [-0.2, 0) is 14.1 Å². The van der Waals surface area contributed by atoms with E-state index in [-0.39, 0.29) is 5.65 Å². The summed E-state index contributed by atoms with van der Waals surface area (Å²) < 4.78 is 7.84. The van der Waals surface area contributed by atoms with E-state index in [2.05, 4.69) is 9.97 Å². The summed E-state index contributed by atoms with van der Waals surface area (Å²) in [6.07, 6.45) is 5.55. The maximum Gasteiger partial charge on any atom is 0.332 e. The molecule has 0 aliphatic carbocycles. The number of hydrogen-bond donors (Lipinski definition) is 0. The van der Waals surface area contributed by atoms with Crippen LogP contribution in [0.2, 0.25) is 0 Å². The maximum atomic E-state index is 12.8. The molecule has 0 bridgehead atoms. The Labute approximate surface area is 170 Å². The molecule has 0 aliphatic rings. The minimum absolute atomic E-state index is 0.286. The minimum atomic E-state index is -0.438. The van der Waals surface area contributed by atoms with Crippen molar-refractivity contribution in [1.82, 2.24) is 19.1 Å². The van der Waals surface area contributed by atoms with E-state index in [0.29, 0.717) is 27.7 Å². The van der Waals surface area contributed by atoms with Gasteiger partial charge in [-0.2, -0.15) is 0 Å². The molecule has 0 aliphatic heterocycles. The van der Waals surface area contributed by atoms with Gasteiger partial charge in [0, 0.05) is 19.8 Å². The van der Waals surface area contributed by atoms with Gasteiger partial charge in [0.25, 0.3) is 5.56 Å². The molecule has 0 saturated heterocycles. The first-order chi connectivity index (χ1) is 14.1. The highest BCUT2D eigenvalue weighted by molar-refractivity contribution is 7.99. The van der Waals surface area contributed by atoms with Gasteiger partial charge in [-0.3, -0.25) is 13.9 Å². The Morgan fingerprint density at radius 3 is 2.55 bits per heavy atom. The second kappa shape index (κ2) is 7.92. The highest BCUT2D eigenvalue weighted by Gasteiger charge is 2.18. The van der Waals surface area contributed by atoms with Crippen LogP contribution in [0.4, 0.5) is 0 Å². The SMILES string of the molecule is Cn1c(=O)c2c(SCC=Cc3ccccc3)nc(-c3ccco3)nc2n(C)c1=O. The van der Waals surface area contributed by atoms with Crippen molar-refractivity contribution in [3.05, 3.63) is 81.2 Å². The number of rotatable bonds is 5. The topological polar surface area (TPSA) is 82.9 Å². The fourth-order valence-corrected chi connectivity index (χ4v) is 3.75. The Bertz CT molecular complexity index is 1310. The first kappa shape index (κ1) is 18.9. The highest BCUT2D eigenvalue weighted by Crippen LogP contribution is 2.26. The third-order valence-corrected chi connectivity index (χ3v) is 5.36. The third-order valence-electron chi connectivity index (χ3n) is 4.43. The molecule has 7 nitrogen and oxygen atoms in total. The van der Waals surface area contributed by atoms with Gasteiger partial charge in [-0.15, -0.1) is 11.8 Å². The Morgan fingerprint density at radius 2 is 1.83 bits per heavy atom. The smallest absolute Gasteiger partial charge is 0.332 e. The number of thioether (sulfide) groups is 1. The van der Waals surface area contributed by atoms with E-state index in [1.54, 1.807) is 19.2 Å². The van der Waals surface area contributed by atoms with E-state index >= 15 is 0 Å². The quantitative estimate of drug-likeness (QED) is 0.374. The molecule has 0 spiro atoms. The molecular weight excluding hydrogens is 388 g/mol. The molecular formula is C21H18N4O3S. The molecule has 146 valence electrons. The number of aromatic nitrogens is 4. The van der Waals surface area contributed by atoms with Gasteiger partial charge in [-0.25, -0.2) is 14.8 Å². The number of nitrogens with zero attached hydrogens (tertiary/aromatic N) is 4. The van der Waals surface area contributed by atoms with Gasteiger partial charge in [0.05, 0.1) is 6.26 Å². The normalized spacial score (nSPS) is 11.5. The largest absolute Gasteiger partial charge is 0.461 e. The Kier molecular flexibility index (Phi) is 5.18. The van der Waals surface area contributed by atoms with Crippen LogP contribution in [0.1, 0.15) is 5.56 Å². The summed E-state index contributed by atoms with van der Waals surface area (Å²) in [6.45, 7) is 0. The highest BCUT2D eigenvalue weighted by atomic mass is 32.2. The van der Waals surface area contributed by atoms with E-state index in [0.717, 1.165) is 10.1 Å². The van der Waals surface area contributed by atoms with Crippen LogP contribution in [0.5, 0.6) is 0 Å². The number of benzene rings is 1. The van der Waals surface area contributed by atoms with Gasteiger partial charge in [0.2, 0.25) is 0 Å². The van der Waals surface area contributed by atoms with E-state index in [1.165, 1.54) is 29.6 Å². The van der Waals surface area contributed by atoms with Crippen LogP contribution in [0.25, 0.3) is 28.7 Å². The third kappa shape index (κ3) is 3.66. The zero-order chi connectivity index (χ0) is 20.4. The number of hydrogen-bond acceptors (Lipinski definition) is 6. The van der Waals surface area contributed by atoms with Gasteiger partial charge in [0.1, 0.15) is 10.4 Å². The van der Waals surface area contributed by atoms with Gasteiger partial charge in [-0.05, 0) is 17.7 Å². The summed E-state index contributed by atoms with van der Waals surface area (Å²) in [5, 5.41) is 0.832. The molecule has 1 aromatic carbocycles. The van der Waals surface area contributed by atoms with E-state index in [4.69, 9.17) is 4.42 Å². The molecule has 0 unspecified atom stereocenters. The van der Waals surface area contributed by atoms with Crippen LogP contribution in [0, 0.1) is 0 Å². The van der Waals surface area contributed by atoms with Gasteiger partial charge >= 0.3 is 5.69 Å². The Balaban J connectivity index is 1.79. The lowest BCUT2D eigenvalue weighted by Crippen LogP contribution is -2.37. The fraction of sp³-hybridized carbons (Fsp3) is 0.143. The van der Waals surface area contributed by atoms with Crippen LogP contribution >= 0.6 is 11.8 Å².